The van der Waals surface area contributed by atoms with Gasteiger partial charge in [0.05, 0.1) is 21.8 Å². The predicted octanol–water partition coefficient (Wildman–Crippen LogP) is 3.97. The highest BCUT2D eigenvalue weighted by Gasteiger charge is 2.20. The molecule has 1 aromatic heterocycles. The van der Waals surface area contributed by atoms with Crippen LogP contribution >= 0.6 is 34.2 Å². The van der Waals surface area contributed by atoms with Gasteiger partial charge in [-0.15, -0.1) is 0 Å². The molecule has 0 radical (unpaired) electrons. The second-order valence-corrected chi connectivity index (χ2v) is 6.33. The minimum atomic E-state index is -0.592. The third kappa shape index (κ3) is 3.26. The molecule has 1 saturated heterocycles. The Bertz CT molecular complexity index is 738. The van der Waals surface area contributed by atoms with Gasteiger partial charge in [0.1, 0.15) is 11.9 Å². The lowest BCUT2D eigenvalue weighted by Crippen LogP contribution is -2.22. The van der Waals surface area contributed by atoms with Crippen molar-refractivity contribution in [1.29, 1.82) is 0 Å². The Balaban J connectivity index is 1.79. The van der Waals surface area contributed by atoms with Gasteiger partial charge in [-0.05, 0) is 40.1 Å². The summed E-state index contributed by atoms with van der Waals surface area (Å²) >= 11 is 7.82. The van der Waals surface area contributed by atoms with Crippen molar-refractivity contribution in [3.63, 3.8) is 0 Å². The number of benzene rings is 1. The van der Waals surface area contributed by atoms with Crippen LogP contribution < -0.4 is 5.32 Å². The first-order chi connectivity index (χ1) is 10.5. The van der Waals surface area contributed by atoms with Crippen LogP contribution in [0.3, 0.4) is 0 Å². The lowest BCUT2D eigenvalue weighted by molar-refractivity contribution is 0.0931. The third-order valence-electron chi connectivity index (χ3n) is 3.25. The second kappa shape index (κ2) is 6.51. The van der Waals surface area contributed by atoms with Crippen molar-refractivity contribution < 1.29 is 18.7 Å². The highest BCUT2D eigenvalue weighted by Crippen LogP contribution is 2.30. The first-order valence-corrected chi connectivity index (χ1v) is 7.99. The van der Waals surface area contributed by atoms with Gasteiger partial charge >= 0.3 is 6.09 Å². The number of carbonyl (C=O) groups excluding carboxylic acids is 1. The number of hydrogen-bond donors (Lipinski definition) is 1. The number of rotatable bonds is 2. The number of hydrogen-bond acceptors (Lipinski definition) is 4. The van der Waals surface area contributed by atoms with Crippen molar-refractivity contribution >= 4 is 56.9 Å². The number of nitrogens with one attached hydrogen (secondary N) is 1. The van der Waals surface area contributed by atoms with Crippen LogP contribution in [0, 0.1) is 9.39 Å². The van der Waals surface area contributed by atoms with Gasteiger partial charge < -0.3 is 9.47 Å². The first kappa shape index (κ1) is 15.7. The highest BCUT2D eigenvalue weighted by atomic mass is 127. The van der Waals surface area contributed by atoms with Gasteiger partial charge in [-0.2, -0.15) is 0 Å². The van der Waals surface area contributed by atoms with Gasteiger partial charge in [0.25, 0.3) is 0 Å². The fraction of sp³-hybridized carbons (Fsp3) is 0.286. The molecule has 2 heterocycles. The van der Waals surface area contributed by atoms with Gasteiger partial charge in [-0.25, -0.2) is 14.2 Å². The molecule has 1 fully saturated rings. The topological polar surface area (TPSA) is 60.5 Å². The van der Waals surface area contributed by atoms with Gasteiger partial charge in [-0.1, -0.05) is 11.6 Å². The molecule has 1 aliphatic rings. The normalized spacial score (nSPS) is 17.7. The zero-order valence-electron chi connectivity index (χ0n) is 11.2. The second-order valence-electron chi connectivity index (χ2n) is 4.79. The van der Waals surface area contributed by atoms with E-state index in [9.17, 15) is 9.18 Å². The summed E-state index contributed by atoms with van der Waals surface area (Å²) in [5, 5.41) is 3.74. The first-order valence-electron chi connectivity index (χ1n) is 6.53. The summed E-state index contributed by atoms with van der Waals surface area (Å²) in [6.07, 6.45) is 1.28. The molecule has 5 nitrogen and oxygen atoms in total. The van der Waals surface area contributed by atoms with E-state index in [2.05, 4.69) is 10.3 Å². The van der Waals surface area contributed by atoms with E-state index in [-0.39, 0.29) is 11.1 Å². The number of ether oxygens (including phenoxy) is 2. The Hall–Kier alpha value is -1.19. The van der Waals surface area contributed by atoms with Crippen LogP contribution in [0.2, 0.25) is 5.02 Å². The minimum absolute atomic E-state index is 0.0200. The largest absolute Gasteiger partial charge is 0.443 e. The Morgan fingerprint density at radius 2 is 2.36 bits per heavy atom. The molecule has 1 amide bonds. The maximum atomic E-state index is 13.7. The van der Waals surface area contributed by atoms with Gasteiger partial charge in [-0.3, -0.25) is 5.32 Å². The molecular formula is C14H11ClFIN2O3. The Morgan fingerprint density at radius 1 is 1.55 bits per heavy atom. The van der Waals surface area contributed by atoms with Crippen LogP contribution in [0.1, 0.15) is 6.42 Å². The zero-order chi connectivity index (χ0) is 15.7. The smallest absolute Gasteiger partial charge is 0.413 e. The molecule has 3 rings (SSSR count). The number of halogens is 3. The number of fused-ring (bicyclic) bond motifs is 1. The Morgan fingerprint density at radius 3 is 3.09 bits per heavy atom. The molecule has 22 heavy (non-hydrogen) atoms. The van der Waals surface area contributed by atoms with E-state index in [1.54, 1.807) is 12.1 Å². The molecule has 1 aromatic carbocycles. The lowest BCUT2D eigenvalue weighted by atomic mass is 10.1. The van der Waals surface area contributed by atoms with Gasteiger partial charge in [0.15, 0.2) is 5.82 Å². The molecule has 116 valence electrons. The predicted molar refractivity (Wildman–Crippen MR) is 88.8 cm³/mol. The summed E-state index contributed by atoms with van der Waals surface area (Å²) in [5.74, 6) is -0.159. The molecule has 1 aliphatic heterocycles. The van der Waals surface area contributed by atoms with E-state index in [1.807, 2.05) is 22.6 Å². The average Bonchev–Trinajstić information content (AvgIpc) is 2.97. The quantitative estimate of drug-likeness (QED) is 0.572. The molecule has 0 saturated carbocycles. The highest BCUT2D eigenvalue weighted by molar-refractivity contribution is 14.1. The van der Waals surface area contributed by atoms with Crippen LogP contribution in [-0.2, 0) is 9.47 Å². The van der Waals surface area contributed by atoms with Gasteiger partial charge in [0, 0.05) is 18.0 Å². The summed E-state index contributed by atoms with van der Waals surface area (Å²) < 4.78 is 24.5. The van der Waals surface area contributed by atoms with E-state index in [4.69, 9.17) is 21.1 Å². The average molecular weight is 437 g/mol. The van der Waals surface area contributed by atoms with E-state index >= 15 is 0 Å². The Kier molecular flexibility index (Phi) is 4.65. The summed E-state index contributed by atoms with van der Waals surface area (Å²) in [5.41, 5.74) is 0. The van der Waals surface area contributed by atoms with Crippen LogP contribution in [0.25, 0.3) is 10.8 Å². The molecule has 1 N–H and O–H groups in total. The lowest BCUT2D eigenvalue weighted by Gasteiger charge is -2.11. The van der Waals surface area contributed by atoms with E-state index < -0.39 is 11.9 Å². The number of anilines is 1. The fourth-order valence-electron chi connectivity index (χ4n) is 2.16. The number of carbonyl (C=O) groups is 1. The van der Waals surface area contributed by atoms with Crippen LogP contribution in [0.5, 0.6) is 0 Å². The van der Waals surface area contributed by atoms with E-state index in [1.165, 1.54) is 6.20 Å². The molecule has 8 heteroatoms. The summed E-state index contributed by atoms with van der Waals surface area (Å²) in [7, 11) is 0. The summed E-state index contributed by atoms with van der Waals surface area (Å²) in [6, 6.07) is 3.26. The van der Waals surface area contributed by atoms with Crippen molar-refractivity contribution in [2.24, 2.45) is 0 Å². The number of pyridine rings is 1. The standard InChI is InChI=1S/C14H11ClFIN2O3/c15-12-9-5-18-11(4-7(9)3-10(17)13(12)16)19-14(20)22-8-1-2-21-6-8/h3-5,8H,1-2,6H2,(H,18,19,20). The number of nitrogens with zero attached hydrogens (tertiary/aromatic N) is 1. The van der Waals surface area contributed by atoms with Gasteiger partial charge in [0.2, 0.25) is 0 Å². The van der Waals surface area contributed by atoms with E-state index in [0.717, 1.165) is 0 Å². The SMILES string of the molecule is O=C(Nc1cc2cc(I)c(F)c(Cl)c2cn1)OC1CCOC1. The third-order valence-corrected chi connectivity index (χ3v) is 4.40. The molecule has 0 spiro atoms. The molecule has 2 aromatic rings. The molecule has 0 bridgehead atoms. The van der Waals surface area contributed by atoms with Crippen LogP contribution in [-0.4, -0.2) is 30.4 Å². The molecule has 1 atom stereocenters. The van der Waals surface area contributed by atoms with Crippen molar-refractivity contribution in [3.05, 3.63) is 32.7 Å². The number of amides is 1. The van der Waals surface area contributed by atoms with Crippen LogP contribution in [0.4, 0.5) is 15.0 Å². The summed E-state index contributed by atoms with van der Waals surface area (Å²) in [6.45, 7) is 1.00. The van der Waals surface area contributed by atoms with Crippen molar-refractivity contribution in [3.8, 4) is 0 Å². The van der Waals surface area contributed by atoms with Crippen molar-refractivity contribution in [1.82, 2.24) is 4.98 Å². The fourth-order valence-corrected chi connectivity index (χ4v) is 3.18. The maximum Gasteiger partial charge on any atom is 0.413 e. The molecule has 0 aliphatic carbocycles. The van der Waals surface area contributed by atoms with E-state index in [0.29, 0.717) is 39.8 Å². The molecule has 1 unspecified atom stereocenters. The minimum Gasteiger partial charge on any atom is -0.443 e. The van der Waals surface area contributed by atoms with Crippen LogP contribution in [0.15, 0.2) is 18.3 Å². The Labute approximate surface area is 144 Å². The number of aromatic nitrogens is 1. The maximum absolute atomic E-state index is 13.7. The molecular weight excluding hydrogens is 426 g/mol. The monoisotopic (exact) mass is 436 g/mol. The zero-order valence-corrected chi connectivity index (χ0v) is 14.2. The van der Waals surface area contributed by atoms with Crippen molar-refractivity contribution in [2.45, 2.75) is 12.5 Å². The van der Waals surface area contributed by atoms with Crippen molar-refractivity contribution in [2.75, 3.05) is 18.5 Å². The summed E-state index contributed by atoms with van der Waals surface area (Å²) in [4.78, 5) is 15.8.